The van der Waals surface area contributed by atoms with Gasteiger partial charge >= 0.3 is 0 Å². The molecule has 0 bridgehead atoms. The molecule has 1 atom stereocenters. The van der Waals surface area contributed by atoms with Gasteiger partial charge in [-0.05, 0) is 65.5 Å². The van der Waals surface area contributed by atoms with Gasteiger partial charge in [-0.2, -0.15) is 4.68 Å². The third kappa shape index (κ3) is 3.89. The highest BCUT2D eigenvalue weighted by molar-refractivity contribution is 7.99. The Balaban J connectivity index is 1.77. The molecule has 0 saturated heterocycles. The van der Waals surface area contributed by atoms with Gasteiger partial charge in [0, 0.05) is 5.69 Å². The Kier molecular flexibility index (Phi) is 5.36. The number of aromatic nitrogens is 7. The van der Waals surface area contributed by atoms with Crippen LogP contribution in [-0.2, 0) is 0 Å². The van der Waals surface area contributed by atoms with E-state index >= 15 is 0 Å². The van der Waals surface area contributed by atoms with Crippen LogP contribution in [0.5, 0.6) is 0 Å². The summed E-state index contributed by atoms with van der Waals surface area (Å²) in [5, 5.41) is 22.0. The van der Waals surface area contributed by atoms with Gasteiger partial charge in [-0.25, -0.2) is 4.39 Å². The lowest BCUT2D eigenvalue weighted by molar-refractivity contribution is -0.890. The van der Waals surface area contributed by atoms with Crippen molar-refractivity contribution in [2.45, 2.75) is 23.3 Å². The monoisotopic (exact) mass is 411 g/mol. The molecule has 4 rings (SSSR count). The maximum Gasteiger partial charge on any atom is 0.221 e. The Morgan fingerprint density at radius 2 is 1.62 bits per heavy atom. The Morgan fingerprint density at radius 3 is 2.31 bits per heavy atom. The summed E-state index contributed by atoms with van der Waals surface area (Å²) >= 11 is 1.30. The molecule has 0 aliphatic carbocycles. The number of tetrazole rings is 1. The average molecular weight is 411 g/mol. The summed E-state index contributed by atoms with van der Waals surface area (Å²) in [5.74, 6) is 0.481. The Bertz CT molecular complexity index is 1090. The summed E-state index contributed by atoms with van der Waals surface area (Å²) in [7, 11) is 4.11. The first-order valence-corrected chi connectivity index (χ1v) is 9.89. The summed E-state index contributed by atoms with van der Waals surface area (Å²) in [6.45, 7) is 2.07. The first-order valence-electron chi connectivity index (χ1n) is 9.07. The minimum Gasteiger partial charge on any atom is -0.331 e. The molecular formula is C19H20FN8S+. The van der Waals surface area contributed by atoms with E-state index in [-0.39, 0.29) is 11.9 Å². The number of nitrogens with one attached hydrogen (secondary N) is 1. The van der Waals surface area contributed by atoms with E-state index in [2.05, 4.69) is 46.7 Å². The van der Waals surface area contributed by atoms with E-state index in [1.807, 2.05) is 34.9 Å². The van der Waals surface area contributed by atoms with Gasteiger partial charge in [0.15, 0.2) is 5.82 Å². The lowest BCUT2D eigenvalue weighted by Crippen LogP contribution is -3.05. The third-order valence-electron chi connectivity index (χ3n) is 4.62. The lowest BCUT2D eigenvalue weighted by atomic mass is 10.2. The second-order valence-corrected chi connectivity index (χ2v) is 7.70. The number of quaternary nitrogens is 1. The largest absolute Gasteiger partial charge is 0.331 e. The summed E-state index contributed by atoms with van der Waals surface area (Å²) in [5.41, 5.74) is 1.62. The maximum absolute atomic E-state index is 13.5. The van der Waals surface area contributed by atoms with Crippen molar-refractivity contribution in [1.82, 2.24) is 35.0 Å². The quantitative estimate of drug-likeness (QED) is 0.521. The summed E-state index contributed by atoms with van der Waals surface area (Å²) in [4.78, 5) is 1.20. The molecule has 2 heterocycles. The normalized spacial score (nSPS) is 12.4. The summed E-state index contributed by atoms with van der Waals surface area (Å²) in [6.07, 6.45) is 0. The molecule has 0 radical (unpaired) electrons. The molecule has 2 aromatic heterocycles. The van der Waals surface area contributed by atoms with E-state index < -0.39 is 0 Å². The summed E-state index contributed by atoms with van der Waals surface area (Å²) < 4.78 is 17.1. The topological polar surface area (TPSA) is 78.8 Å². The fourth-order valence-corrected chi connectivity index (χ4v) is 3.62. The van der Waals surface area contributed by atoms with Crippen LogP contribution in [0, 0.1) is 5.82 Å². The molecule has 10 heteroatoms. The van der Waals surface area contributed by atoms with Crippen molar-refractivity contribution in [1.29, 1.82) is 0 Å². The number of rotatable bonds is 6. The molecule has 0 aliphatic heterocycles. The first kappa shape index (κ1) is 19.2. The molecule has 0 amide bonds. The molecular weight excluding hydrogens is 391 g/mol. The highest BCUT2D eigenvalue weighted by Gasteiger charge is 2.25. The molecule has 0 aliphatic rings. The number of nitrogens with zero attached hydrogens (tertiary/aromatic N) is 7. The van der Waals surface area contributed by atoms with Gasteiger partial charge in [-0.1, -0.05) is 18.2 Å². The molecule has 1 N–H and O–H groups in total. The van der Waals surface area contributed by atoms with Crippen LogP contribution < -0.4 is 4.90 Å². The van der Waals surface area contributed by atoms with Gasteiger partial charge in [0.2, 0.25) is 10.3 Å². The van der Waals surface area contributed by atoms with Gasteiger partial charge in [0.05, 0.1) is 19.8 Å². The second kappa shape index (κ2) is 8.10. The second-order valence-electron chi connectivity index (χ2n) is 6.76. The summed E-state index contributed by atoms with van der Waals surface area (Å²) in [6, 6.07) is 16.0. The molecule has 29 heavy (non-hydrogen) atoms. The molecule has 2 aromatic carbocycles. The zero-order valence-electron chi connectivity index (χ0n) is 16.2. The fraction of sp³-hybridized carbons (Fsp3) is 0.211. The fourth-order valence-electron chi connectivity index (χ4n) is 2.77. The minimum atomic E-state index is -0.295. The zero-order valence-corrected chi connectivity index (χ0v) is 17.0. The molecule has 0 saturated carbocycles. The van der Waals surface area contributed by atoms with E-state index in [1.54, 1.807) is 16.8 Å². The van der Waals surface area contributed by atoms with Gasteiger partial charge in [0.25, 0.3) is 0 Å². The lowest BCUT2D eigenvalue weighted by Gasteiger charge is -2.18. The molecule has 0 unspecified atom stereocenters. The standard InChI is InChI=1S/C19H19FN8S/c1-13(26(2)3)17-21-22-18(27(17)15-11-9-14(20)10-12-15)29-19-23-24-25-28(19)16-7-5-4-6-8-16/h4-13H,1-3H3/p+1/t13-/m0/s1. The van der Waals surface area contributed by atoms with Crippen molar-refractivity contribution in [3.63, 3.8) is 0 Å². The van der Waals surface area contributed by atoms with Crippen LogP contribution in [0.3, 0.4) is 0 Å². The number of hydrogen-bond donors (Lipinski definition) is 1. The van der Waals surface area contributed by atoms with Crippen LogP contribution in [0.15, 0.2) is 64.9 Å². The zero-order chi connectivity index (χ0) is 20.4. The van der Waals surface area contributed by atoms with E-state index in [1.165, 1.54) is 28.8 Å². The average Bonchev–Trinajstić information content (AvgIpc) is 3.36. The van der Waals surface area contributed by atoms with Crippen LogP contribution in [0.1, 0.15) is 18.8 Å². The molecule has 0 spiro atoms. The molecule has 8 nitrogen and oxygen atoms in total. The highest BCUT2D eigenvalue weighted by Crippen LogP contribution is 2.29. The predicted molar refractivity (Wildman–Crippen MR) is 106 cm³/mol. The van der Waals surface area contributed by atoms with Gasteiger partial charge in [-0.3, -0.25) is 4.57 Å². The molecule has 0 fully saturated rings. The molecule has 4 aromatic rings. The molecule has 148 valence electrons. The first-order chi connectivity index (χ1) is 14.0. The van der Waals surface area contributed by atoms with E-state index in [9.17, 15) is 4.39 Å². The number of halogens is 1. The maximum atomic E-state index is 13.5. The van der Waals surface area contributed by atoms with Crippen LogP contribution in [0.2, 0.25) is 0 Å². The van der Waals surface area contributed by atoms with Crippen molar-refractivity contribution in [3.8, 4) is 11.4 Å². The Labute approximate surface area is 171 Å². The van der Waals surface area contributed by atoms with Crippen LogP contribution >= 0.6 is 11.8 Å². The van der Waals surface area contributed by atoms with Gasteiger partial charge in [-0.15, -0.1) is 15.3 Å². The third-order valence-corrected chi connectivity index (χ3v) is 5.50. The van der Waals surface area contributed by atoms with E-state index in [0.717, 1.165) is 17.2 Å². The van der Waals surface area contributed by atoms with Crippen LogP contribution in [-0.4, -0.2) is 49.1 Å². The van der Waals surface area contributed by atoms with Crippen molar-refractivity contribution in [2.24, 2.45) is 0 Å². The van der Waals surface area contributed by atoms with Gasteiger partial charge < -0.3 is 4.90 Å². The number of hydrogen-bond acceptors (Lipinski definition) is 6. The smallest absolute Gasteiger partial charge is 0.221 e. The van der Waals surface area contributed by atoms with E-state index in [0.29, 0.717) is 10.3 Å². The van der Waals surface area contributed by atoms with Crippen LogP contribution in [0.4, 0.5) is 4.39 Å². The highest BCUT2D eigenvalue weighted by atomic mass is 32.2. The van der Waals surface area contributed by atoms with Gasteiger partial charge in [0.1, 0.15) is 11.9 Å². The number of para-hydroxylation sites is 1. The number of benzene rings is 2. The van der Waals surface area contributed by atoms with Crippen LogP contribution in [0.25, 0.3) is 11.4 Å². The SMILES string of the molecule is C[C@@H](c1nnc(Sc2nnnn2-c2ccccc2)n1-c1ccc(F)cc1)[NH+](C)C. The van der Waals surface area contributed by atoms with Crippen molar-refractivity contribution in [3.05, 3.63) is 66.2 Å². The Hall–Kier alpha value is -3.11. The van der Waals surface area contributed by atoms with E-state index in [4.69, 9.17) is 0 Å². The predicted octanol–water partition coefficient (Wildman–Crippen LogP) is 1.74. The van der Waals surface area contributed by atoms with Crippen molar-refractivity contribution in [2.75, 3.05) is 14.1 Å². The van der Waals surface area contributed by atoms with Crippen molar-refractivity contribution < 1.29 is 9.29 Å². The Morgan fingerprint density at radius 1 is 0.897 bits per heavy atom. The van der Waals surface area contributed by atoms with Crippen molar-refractivity contribution >= 4 is 11.8 Å². The minimum absolute atomic E-state index is 0.0759.